The number of fused-ring (bicyclic) bond motifs is 1. The summed E-state index contributed by atoms with van der Waals surface area (Å²) in [6.45, 7) is -0.227. The normalized spacial score (nSPS) is 12.4. The van der Waals surface area contributed by atoms with E-state index < -0.39 is 17.8 Å². The number of hydrogen-bond donors (Lipinski definition) is 2. The van der Waals surface area contributed by atoms with Crippen LogP contribution < -0.4 is 16.0 Å². The second-order valence-corrected chi connectivity index (χ2v) is 7.54. The Balaban J connectivity index is 1.25. The summed E-state index contributed by atoms with van der Waals surface area (Å²) in [5.41, 5.74) is 7.80. The number of para-hydroxylation sites is 1. The van der Waals surface area contributed by atoms with Gasteiger partial charge in [0.25, 0.3) is 11.8 Å². The number of aromatic nitrogens is 3. The van der Waals surface area contributed by atoms with Gasteiger partial charge in [-0.3, -0.25) is 9.59 Å². The number of nitrogen functional groups attached to an aromatic ring is 1. The molecule has 0 radical (unpaired) electrons. The number of carbonyl (C=O) groups excluding carboxylic acids is 3. The molecule has 5 rings (SSSR count). The molecule has 2 heterocycles. The zero-order chi connectivity index (χ0) is 24.4. The van der Waals surface area contributed by atoms with Crippen LogP contribution in [0.15, 0.2) is 78.9 Å². The van der Waals surface area contributed by atoms with Crippen LogP contribution in [0.2, 0.25) is 0 Å². The van der Waals surface area contributed by atoms with E-state index in [1.54, 1.807) is 24.3 Å². The Labute approximate surface area is 199 Å². The van der Waals surface area contributed by atoms with Crippen molar-refractivity contribution in [1.29, 1.82) is 0 Å². The Morgan fingerprint density at radius 1 is 0.829 bits per heavy atom. The first-order valence-electron chi connectivity index (χ1n) is 10.6. The largest absolute Gasteiger partial charge is 0.454 e. The van der Waals surface area contributed by atoms with Crippen molar-refractivity contribution in [2.45, 2.75) is 6.61 Å². The highest BCUT2D eigenvalue weighted by molar-refractivity contribution is 6.34. The summed E-state index contributed by atoms with van der Waals surface area (Å²) in [6.07, 6.45) is 0. The van der Waals surface area contributed by atoms with E-state index in [-0.39, 0.29) is 29.9 Å². The third-order valence-corrected chi connectivity index (χ3v) is 5.22. The van der Waals surface area contributed by atoms with Crippen molar-refractivity contribution < 1.29 is 19.1 Å². The van der Waals surface area contributed by atoms with Crippen LogP contribution >= 0.6 is 0 Å². The van der Waals surface area contributed by atoms with E-state index in [0.29, 0.717) is 16.8 Å². The smallest absolute Gasteiger partial charge is 0.338 e. The molecule has 10 nitrogen and oxygen atoms in total. The third kappa shape index (κ3) is 4.40. The van der Waals surface area contributed by atoms with Crippen molar-refractivity contribution in [2.24, 2.45) is 0 Å². The van der Waals surface area contributed by atoms with Gasteiger partial charge in [0.15, 0.2) is 12.4 Å². The molecule has 172 valence electrons. The quantitative estimate of drug-likeness (QED) is 0.323. The summed E-state index contributed by atoms with van der Waals surface area (Å²) in [5, 5.41) is 3.01. The number of nitrogens with two attached hydrogens (primary N) is 1. The molecule has 3 N–H and O–H groups in total. The summed E-state index contributed by atoms with van der Waals surface area (Å²) >= 11 is 0. The minimum Gasteiger partial charge on any atom is -0.454 e. The van der Waals surface area contributed by atoms with E-state index in [4.69, 9.17) is 10.5 Å². The maximum Gasteiger partial charge on any atom is 0.338 e. The van der Waals surface area contributed by atoms with Crippen LogP contribution in [0.1, 0.15) is 36.9 Å². The number of anilines is 4. The second kappa shape index (κ2) is 9.02. The number of hydrogen-bond acceptors (Lipinski definition) is 9. The SMILES string of the molecule is Nc1nc(COC(=O)c2ccc(N3C(=O)c4ccccc4C3=O)cc2)nc(Nc2ccccc2)n1. The highest BCUT2D eigenvalue weighted by Crippen LogP contribution is 2.28. The van der Waals surface area contributed by atoms with Crippen LogP contribution in [0.3, 0.4) is 0 Å². The molecular formula is C25H18N6O4. The summed E-state index contributed by atoms with van der Waals surface area (Å²) in [5.74, 6) is -1.07. The van der Waals surface area contributed by atoms with E-state index >= 15 is 0 Å². The number of carbonyl (C=O) groups is 3. The van der Waals surface area contributed by atoms with E-state index in [2.05, 4.69) is 20.3 Å². The topological polar surface area (TPSA) is 140 Å². The number of esters is 1. The van der Waals surface area contributed by atoms with Crippen molar-refractivity contribution in [3.05, 3.63) is 101 Å². The Kier molecular flexibility index (Phi) is 5.60. The minimum atomic E-state index is -0.629. The average molecular weight is 466 g/mol. The monoisotopic (exact) mass is 466 g/mol. The van der Waals surface area contributed by atoms with E-state index in [1.165, 1.54) is 24.3 Å². The Bertz CT molecular complexity index is 1410. The van der Waals surface area contributed by atoms with Gasteiger partial charge in [-0.1, -0.05) is 30.3 Å². The van der Waals surface area contributed by atoms with Gasteiger partial charge in [-0.15, -0.1) is 0 Å². The first kappa shape index (κ1) is 21.7. The molecule has 0 spiro atoms. The molecular weight excluding hydrogens is 448 g/mol. The molecule has 0 unspecified atom stereocenters. The molecule has 3 aromatic carbocycles. The summed E-state index contributed by atoms with van der Waals surface area (Å²) in [6, 6.07) is 21.9. The number of nitrogens with zero attached hydrogens (tertiary/aromatic N) is 4. The second-order valence-electron chi connectivity index (χ2n) is 7.54. The van der Waals surface area contributed by atoms with Gasteiger partial charge in [0.2, 0.25) is 11.9 Å². The van der Waals surface area contributed by atoms with Gasteiger partial charge >= 0.3 is 5.97 Å². The predicted molar refractivity (Wildman–Crippen MR) is 127 cm³/mol. The van der Waals surface area contributed by atoms with E-state index in [0.717, 1.165) is 10.6 Å². The molecule has 4 aromatic rings. The molecule has 1 aromatic heterocycles. The van der Waals surface area contributed by atoms with Gasteiger partial charge in [0, 0.05) is 5.69 Å². The molecule has 0 atom stereocenters. The maximum absolute atomic E-state index is 12.6. The summed E-state index contributed by atoms with van der Waals surface area (Å²) in [7, 11) is 0. The third-order valence-electron chi connectivity index (χ3n) is 5.22. The number of amides is 2. The molecule has 0 saturated heterocycles. The molecule has 1 aliphatic heterocycles. The number of nitrogens with one attached hydrogen (secondary N) is 1. The number of ether oxygens (including phenoxy) is 1. The van der Waals surface area contributed by atoms with Gasteiger partial charge in [-0.2, -0.15) is 15.0 Å². The molecule has 0 bridgehead atoms. The van der Waals surface area contributed by atoms with E-state index in [1.807, 2.05) is 30.3 Å². The molecule has 35 heavy (non-hydrogen) atoms. The lowest BCUT2D eigenvalue weighted by Crippen LogP contribution is -2.29. The molecule has 1 aliphatic rings. The van der Waals surface area contributed by atoms with Crippen molar-refractivity contribution >= 4 is 41.1 Å². The molecule has 10 heteroatoms. The predicted octanol–water partition coefficient (Wildman–Crippen LogP) is 3.36. The number of rotatable bonds is 6. The highest BCUT2D eigenvalue weighted by atomic mass is 16.5. The highest BCUT2D eigenvalue weighted by Gasteiger charge is 2.36. The van der Waals surface area contributed by atoms with Crippen LogP contribution in [0.4, 0.5) is 23.3 Å². The zero-order valence-corrected chi connectivity index (χ0v) is 18.2. The molecule has 2 amide bonds. The van der Waals surface area contributed by atoms with Gasteiger partial charge in [-0.25, -0.2) is 9.69 Å². The molecule has 0 aliphatic carbocycles. The van der Waals surface area contributed by atoms with Gasteiger partial charge in [0.05, 0.1) is 22.4 Å². The Morgan fingerprint density at radius 3 is 2.11 bits per heavy atom. The lowest BCUT2D eigenvalue weighted by Gasteiger charge is -2.14. The van der Waals surface area contributed by atoms with Crippen LogP contribution in [0, 0.1) is 0 Å². The molecule has 0 fully saturated rings. The first-order valence-corrected chi connectivity index (χ1v) is 10.6. The van der Waals surface area contributed by atoms with Crippen LogP contribution in [0.5, 0.6) is 0 Å². The van der Waals surface area contributed by atoms with Gasteiger partial charge in [0.1, 0.15) is 0 Å². The fourth-order valence-corrected chi connectivity index (χ4v) is 3.59. The van der Waals surface area contributed by atoms with Crippen molar-refractivity contribution in [1.82, 2.24) is 15.0 Å². The zero-order valence-electron chi connectivity index (χ0n) is 18.2. The van der Waals surface area contributed by atoms with Crippen molar-refractivity contribution in [2.75, 3.05) is 16.0 Å². The Hall–Kier alpha value is -5.12. The Morgan fingerprint density at radius 2 is 1.46 bits per heavy atom. The van der Waals surface area contributed by atoms with Crippen LogP contribution in [0.25, 0.3) is 0 Å². The number of imide groups is 1. The maximum atomic E-state index is 12.6. The molecule has 0 saturated carbocycles. The van der Waals surface area contributed by atoms with Gasteiger partial charge < -0.3 is 15.8 Å². The van der Waals surface area contributed by atoms with Crippen LogP contribution in [-0.2, 0) is 11.3 Å². The summed E-state index contributed by atoms with van der Waals surface area (Å²) < 4.78 is 5.31. The minimum absolute atomic E-state index is 0.0187. The lowest BCUT2D eigenvalue weighted by molar-refractivity contribution is 0.0462. The fraction of sp³-hybridized carbons (Fsp3) is 0.0400. The standard InChI is InChI=1S/C25H18N6O4/c26-24-28-20(29-25(30-24)27-16-6-2-1-3-7-16)14-35-23(34)15-10-12-17(13-11-15)31-21(32)18-8-4-5-9-19(18)22(31)33/h1-13H,14H2,(H3,26,27,28,29,30). The van der Waals surface area contributed by atoms with Crippen molar-refractivity contribution in [3.8, 4) is 0 Å². The summed E-state index contributed by atoms with van der Waals surface area (Å²) in [4.78, 5) is 51.1. The lowest BCUT2D eigenvalue weighted by atomic mass is 10.1. The average Bonchev–Trinajstić information content (AvgIpc) is 3.13. The first-order chi connectivity index (χ1) is 17.0. The van der Waals surface area contributed by atoms with Crippen molar-refractivity contribution in [3.63, 3.8) is 0 Å². The number of benzene rings is 3. The van der Waals surface area contributed by atoms with Gasteiger partial charge in [-0.05, 0) is 48.5 Å². The van der Waals surface area contributed by atoms with Crippen LogP contribution in [-0.4, -0.2) is 32.7 Å². The fourth-order valence-electron chi connectivity index (χ4n) is 3.59. The van der Waals surface area contributed by atoms with E-state index in [9.17, 15) is 14.4 Å².